The van der Waals surface area contributed by atoms with Gasteiger partial charge in [-0.25, -0.2) is 4.57 Å². The van der Waals surface area contributed by atoms with E-state index < -0.39 is 0 Å². The molecule has 0 radical (unpaired) electrons. The van der Waals surface area contributed by atoms with E-state index in [9.17, 15) is 0 Å². The highest BCUT2D eigenvalue weighted by Crippen LogP contribution is 2.34. The molecule has 31 heavy (non-hydrogen) atoms. The lowest BCUT2D eigenvalue weighted by Crippen LogP contribution is -2.27. The predicted octanol–water partition coefficient (Wildman–Crippen LogP) is 6.21. The predicted molar refractivity (Wildman–Crippen MR) is 129 cm³/mol. The van der Waals surface area contributed by atoms with Crippen LogP contribution in [-0.4, -0.2) is 9.38 Å². The Balaban J connectivity index is 1.87. The fraction of sp³-hybridized carbons (Fsp3) is 0.143. The summed E-state index contributed by atoms with van der Waals surface area (Å²) >= 11 is 0. The van der Waals surface area contributed by atoms with Crippen LogP contribution in [-0.2, 0) is 7.05 Å². The molecule has 0 spiro atoms. The second-order valence-electron chi connectivity index (χ2n) is 8.56. The molecular weight excluding hydrogens is 378 g/mol. The van der Waals surface area contributed by atoms with E-state index in [1.807, 2.05) is 6.20 Å². The van der Waals surface area contributed by atoms with Gasteiger partial charge in [0.15, 0.2) is 11.0 Å². The van der Waals surface area contributed by atoms with E-state index in [4.69, 9.17) is 4.98 Å². The fourth-order valence-corrected chi connectivity index (χ4v) is 5.23. The van der Waals surface area contributed by atoms with E-state index in [1.54, 1.807) is 0 Å². The molecule has 0 saturated heterocycles. The highest BCUT2D eigenvalue weighted by molar-refractivity contribution is 6.11. The highest BCUT2D eigenvalue weighted by Gasteiger charge is 2.25. The molecule has 0 aliphatic heterocycles. The zero-order chi connectivity index (χ0) is 21.3. The summed E-state index contributed by atoms with van der Waals surface area (Å²) in [4.78, 5) is 4.79. The molecule has 3 aromatic heterocycles. The van der Waals surface area contributed by atoms with E-state index in [0.29, 0.717) is 0 Å². The van der Waals surface area contributed by atoms with E-state index in [-0.39, 0.29) is 0 Å². The van der Waals surface area contributed by atoms with Crippen LogP contribution in [0.2, 0.25) is 0 Å². The van der Waals surface area contributed by atoms with Crippen molar-refractivity contribution in [3.05, 3.63) is 89.6 Å². The molecule has 0 N–H and O–H groups in total. The number of fused-ring (bicyclic) bond motifs is 8. The minimum absolute atomic E-state index is 1.07. The summed E-state index contributed by atoms with van der Waals surface area (Å²) in [5, 5.41) is 2.40. The van der Waals surface area contributed by atoms with Crippen molar-refractivity contribution in [2.45, 2.75) is 20.8 Å². The molecule has 150 valence electrons. The normalized spacial score (nSPS) is 11.9. The van der Waals surface area contributed by atoms with E-state index in [1.165, 1.54) is 60.8 Å². The summed E-state index contributed by atoms with van der Waals surface area (Å²) in [7, 11) is 2.16. The van der Waals surface area contributed by atoms with Crippen LogP contribution in [0.1, 0.15) is 16.7 Å². The van der Waals surface area contributed by atoms with Gasteiger partial charge in [-0.05, 0) is 85.0 Å². The third kappa shape index (κ3) is 2.40. The molecule has 3 nitrogen and oxygen atoms in total. The van der Waals surface area contributed by atoms with Crippen LogP contribution in [0.15, 0.2) is 72.9 Å². The Morgan fingerprint density at radius 3 is 2.35 bits per heavy atom. The summed E-state index contributed by atoms with van der Waals surface area (Å²) in [5.41, 5.74) is 12.3. The Morgan fingerprint density at radius 1 is 0.774 bits per heavy atom. The van der Waals surface area contributed by atoms with Gasteiger partial charge in [-0.15, -0.1) is 0 Å². The Kier molecular flexibility index (Phi) is 3.73. The maximum Gasteiger partial charge on any atom is 0.297 e. The minimum Gasteiger partial charge on any atom is -0.255 e. The summed E-state index contributed by atoms with van der Waals surface area (Å²) in [5.74, 6) is 0. The van der Waals surface area contributed by atoms with E-state index >= 15 is 0 Å². The largest absolute Gasteiger partial charge is 0.297 e. The molecule has 3 aromatic carbocycles. The van der Waals surface area contributed by atoms with Crippen LogP contribution in [0.25, 0.3) is 49.6 Å². The van der Waals surface area contributed by atoms with Crippen molar-refractivity contribution in [3.63, 3.8) is 0 Å². The van der Waals surface area contributed by atoms with Crippen LogP contribution in [0, 0.1) is 20.8 Å². The van der Waals surface area contributed by atoms with Gasteiger partial charge in [-0.2, -0.15) is 4.40 Å². The first-order chi connectivity index (χ1) is 15.1. The second-order valence-corrected chi connectivity index (χ2v) is 8.56. The standard InChI is InChI=1S/C28H24N3/c1-17-8-7-9-18(2)25(17)20-12-13-23-24(16-20)31-22-11-6-5-10-21(22)27-26(28(31)30(23)4)19(3)14-15-29-27/h5-16H,1-4H3/q+1. The number of aryl methyl sites for hydroxylation is 4. The van der Waals surface area contributed by atoms with Crippen LogP contribution in [0.5, 0.6) is 0 Å². The average Bonchev–Trinajstić information content (AvgIpc) is 3.06. The van der Waals surface area contributed by atoms with Crippen molar-refractivity contribution in [1.82, 2.24) is 9.38 Å². The van der Waals surface area contributed by atoms with Gasteiger partial charge in [-0.1, -0.05) is 30.3 Å². The van der Waals surface area contributed by atoms with Gasteiger partial charge in [0.25, 0.3) is 5.65 Å². The first kappa shape index (κ1) is 18.1. The van der Waals surface area contributed by atoms with Crippen molar-refractivity contribution in [2.24, 2.45) is 7.05 Å². The molecule has 0 aliphatic carbocycles. The number of imidazole rings is 1. The van der Waals surface area contributed by atoms with Gasteiger partial charge in [0.1, 0.15) is 5.52 Å². The van der Waals surface area contributed by atoms with Crippen molar-refractivity contribution in [2.75, 3.05) is 0 Å². The molecule has 3 heteroatoms. The first-order valence-electron chi connectivity index (χ1n) is 10.7. The van der Waals surface area contributed by atoms with Crippen molar-refractivity contribution < 1.29 is 4.57 Å². The monoisotopic (exact) mass is 402 g/mol. The molecule has 0 atom stereocenters. The summed E-state index contributed by atoms with van der Waals surface area (Å²) in [6, 6.07) is 24.1. The van der Waals surface area contributed by atoms with Gasteiger partial charge in [0.2, 0.25) is 0 Å². The lowest BCUT2D eigenvalue weighted by Gasteiger charge is -2.09. The van der Waals surface area contributed by atoms with Gasteiger partial charge in [0.05, 0.1) is 18.0 Å². The lowest BCUT2D eigenvalue weighted by atomic mass is 9.95. The number of hydrogen-bond acceptors (Lipinski definition) is 1. The Bertz CT molecular complexity index is 1650. The Hall–Kier alpha value is -3.72. The molecular formula is C28H24N3+. The average molecular weight is 403 g/mol. The van der Waals surface area contributed by atoms with Gasteiger partial charge < -0.3 is 0 Å². The van der Waals surface area contributed by atoms with E-state index in [2.05, 4.69) is 104 Å². The maximum absolute atomic E-state index is 4.79. The van der Waals surface area contributed by atoms with Crippen LogP contribution >= 0.6 is 0 Å². The topological polar surface area (TPSA) is 21.2 Å². The number of rotatable bonds is 1. The number of para-hydroxylation sites is 1. The fourth-order valence-electron chi connectivity index (χ4n) is 5.23. The molecule has 6 aromatic rings. The summed E-state index contributed by atoms with van der Waals surface area (Å²) in [6.45, 7) is 6.57. The molecule has 0 unspecified atom stereocenters. The minimum atomic E-state index is 1.07. The Labute approximate surface area is 181 Å². The highest BCUT2D eigenvalue weighted by atomic mass is 15.1. The van der Waals surface area contributed by atoms with Crippen molar-refractivity contribution in [3.8, 4) is 11.1 Å². The SMILES string of the molecule is Cc1cccc(C)c1-c1ccc2c(c1)n1c3ccccc3c3nccc(C)c3c1[n+]2C. The third-order valence-electron chi connectivity index (χ3n) is 6.66. The molecule has 6 rings (SSSR count). The molecule has 0 saturated carbocycles. The zero-order valence-corrected chi connectivity index (χ0v) is 18.3. The third-order valence-corrected chi connectivity index (χ3v) is 6.66. The van der Waals surface area contributed by atoms with Crippen molar-refractivity contribution in [1.29, 1.82) is 0 Å². The van der Waals surface area contributed by atoms with Gasteiger partial charge in [0, 0.05) is 11.6 Å². The quantitative estimate of drug-likeness (QED) is 0.237. The molecule has 0 amide bonds. The second kappa shape index (κ2) is 6.39. The van der Waals surface area contributed by atoms with Crippen LogP contribution in [0.3, 0.4) is 0 Å². The molecule has 3 heterocycles. The summed E-state index contributed by atoms with van der Waals surface area (Å²) in [6.07, 6.45) is 1.92. The number of hydrogen-bond donors (Lipinski definition) is 0. The number of aromatic nitrogens is 3. The van der Waals surface area contributed by atoms with Crippen LogP contribution < -0.4 is 4.57 Å². The van der Waals surface area contributed by atoms with E-state index in [0.717, 1.165) is 5.52 Å². The van der Waals surface area contributed by atoms with Crippen molar-refractivity contribution >= 4 is 38.5 Å². The number of pyridine rings is 2. The first-order valence-corrected chi connectivity index (χ1v) is 10.7. The summed E-state index contributed by atoms with van der Waals surface area (Å²) < 4.78 is 4.73. The molecule has 0 aliphatic rings. The molecule has 0 bridgehead atoms. The van der Waals surface area contributed by atoms with Crippen LogP contribution in [0.4, 0.5) is 0 Å². The smallest absolute Gasteiger partial charge is 0.255 e. The zero-order valence-electron chi connectivity index (χ0n) is 18.3. The Morgan fingerprint density at radius 2 is 1.55 bits per heavy atom. The molecule has 0 fully saturated rings. The maximum atomic E-state index is 4.79. The lowest BCUT2D eigenvalue weighted by molar-refractivity contribution is -0.617. The van der Waals surface area contributed by atoms with Gasteiger partial charge in [-0.3, -0.25) is 4.98 Å². The number of benzene rings is 3. The number of nitrogens with zero attached hydrogens (tertiary/aromatic N) is 3. The van der Waals surface area contributed by atoms with Gasteiger partial charge >= 0.3 is 0 Å².